The van der Waals surface area contributed by atoms with Gasteiger partial charge in [0.2, 0.25) is 5.67 Å². The van der Waals surface area contributed by atoms with Gasteiger partial charge in [0.05, 0.1) is 12.9 Å². The molecule has 0 amide bonds. The molecule has 2 aromatic rings. The molecule has 3 heterocycles. The first-order valence-electron chi connectivity index (χ1n) is 7.02. The zero-order valence-electron chi connectivity index (χ0n) is 12.9. The van der Waals surface area contributed by atoms with Crippen LogP contribution >= 0.6 is 0 Å². The first kappa shape index (κ1) is 16.5. The summed E-state index contributed by atoms with van der Waals surface area (Å²) in [5.41, 5.74) is -2.47. The number of ether oxygens (including phenoxy) is 1. The minimum Gasteiger partial charge on any atom is -0.394 e. The molecule has 1 saturated heterocycles. The summed E-state index contributed by atoms with van der Waals surface area (Å²) in [6, 6.07) is 0. The third-order valence-electron chi connectivity index (χ3n) is 3.90. The van der Waals surface area contributed by atoms with E-state index in [1.165, 1.54) is 11.2 Å². The van der Waals surface area contributed by atoms with Gasteiger partial charge in [-0.1, -0.05) is 5.92 Å². The number of alkyl halides is 1. The van der Waals surface area contributed by atoms with Crippen LogP contribution < -0.4 is 4.90 Å². The standard InChI is InChI=1S/C14H15F2N5O3/c1-4-14(16)9(23)7(5-22)24-12(14)21-6-17-8-10(20(2)3)18-13(15)19-11(8)21/h1,6-7,9,12,22-23H,5H2,2-3H3/t7-,9-,12-,14-/m1/s1. The Bertz CT molecular complexity index is 821. The first-order valence-corrected chi connectivity index (χ1v) is 7.02. The van der Waals surface area contributed by atoms with Crippen LogP contribution in [-0.4, -0.2) is 68.3 Å². The molecule has 24 heavy (non-hydrogen) atoms. The summed E-state index contributed by atoms with van der Waals surface area (Å²) in [6.45, 7) is -0.635. The number of aliphatic hydroxyl groups excluding tert-OH is 2. The molecule has 1 aliphatic rings. The molecule has 0 unspecified atom stereocenters. The fraction of sp³-hybridized carbons (Fsp3) is 0.500. The highest BCUT2D eigenvalue weighted by Gasteiger charge is 2.57. The topological polar surface area (TPSA) is 96.5 Å². The van der Waals surface area contributed by atoms with Crippen molar-refractivity contribution in [1.82, 2.24) is 19.5 Å². The molecule has 8 nitrogen and oxygen atoms in total. The lowest BCUT2D eigenvalue weighted by Gasteiger charge is -2.23. The van der Waals surface area contributed by atoms with E-state index < -0.39 is 36.8 Å². The molecule has 128 valence electrons. The lowest BCUT2D eigenvalue weighted by molar-refractivity contribution is -0.0504. The van der Waals surface area contributed by atoms with E-state index in [4.69, 9.17) is 11.2 Å². The van der Waals surface area contributed by atoms with Gasteiger partial charge in [0.15, 0.2) is 23.2 Å². The fourth-order valence-corrected chi connectivity index (χ4v) is 2.68. The van der Waals surface area contributed by atoms with E-state index in [1.54, 1.807) is 14.1 Å². The quantitative estimate of drug-likeness (QED) is 0.581. The van der Waals surface area contributed by atoms with Crippen molar-refractivity contribution in [3.8, 4) is 12.3 Å². The maximum atomic E-state index is 15.1. The summed E-state index contributed by atoms with van der Waals surface area (Å²) < 4.78 is 35.2. The average molecular weight is 339 g/mol. The summed E-state index contributed by atoms with van der Waals surface area (Å²) >= 11 is 0. The van der Waals surface area contributed by atoms with Crippen LogP contribution in [0.25, 0.3) is 11.2 Å². The van der Waals surface area contributed by atoms with E-state index in [1.807, 2.05) is 5.92 Å². The molecule has 2 aromatic heterocycles. The lowest BCUT2D eigenvalue weighted by atomic mass is 9.97. The second kappa shape index (κ2) is 5.62. The number of anilines is 1. The predicted octanol–water partition coefficient (Wildman–Crippen LogP) is -0.377. The van der Waals surface area contributed by atoms with Crippen molar-refractivity contribution in [3.05, 3.63) is 12.4 Å². The van der Waals surface area contributed by atoms with E-state index in [9.17, 15) is 14.6 Å². The molecule has 0 aliphatic carbocycles. The molecule has 1 aliphatic heterocycles. The Labute approximate surface area is 135 Å². The maximum absolute atomic E-state index is 15.1. The van der Waals surface area contributed by atoms with E-state index in [2.05, 4.69) is 15.0 Å². The van der Waals surface area contributed by atoms with Gasteiger partial charge in [-0.25, -0.2) is 9.37 Å². The van der Waals surface area contributed by atoms with Crippen molar-refractivity contribution in [2.75, 3.05) is 25.6 Å². The number of imidazole rings is 1. The number of aliphatic hydroxyl groups is 2. The summed E-state index contributed by atoms with van der Waals surface area (Å²) in [4.78, 5) is 12.9. The van der Waals surface area contributed by atoms with E-state index >= 15 is 4.39 Å². The van der Waals surface area contributed by atoms with Crippen LogP contribution in [0.4, 0.5) is 14.6 Å². The number of fused-ring (bicyclic) bond motifs is 1. The minimum atomic E-state index is -2.64. The number of rotatable bonds is 3. The maximum Gasteiger partial charge on any atom is 0.312 e. The Morgan fingerprint density at radius 3 is 2.79 bits per heavy atom. The number of nitrogens with zero attached hydrogens (tertiary/aromatic N) is 5. The number of aromatic nitrogens is 4. The second-order valence-corrected chi connectivity index (χ2v) is 5.60. The van der Waals surface area contributed by atoms with Crippen molar-refractivity contribution in [3.63, 3.8) is 0 Å². The van der Waals surface area contributed by atoms with Crippen LogP contribution in [0, 0.1) is 18.4 Å². The van der Waals surface area contributed by atoms with E-state index in [-0.39, 0.29) is 17.0 Å². The lowest BCUT2D eigenvalue weighted by Crippen LogP contribution is -2.42. The number of hydrogen-bond acceptors (Lipinski definition) is 7. The summed E-state index contributed by atoms with van der Waals surface area (Å²) in [7, 11) is 3.28. The SMILES string of the molecule is C#C[C@@]1(F)[C@H](O)[C@@H](CO)O[C@H]1n1cnc2c(N(C)C)nc(F)nc21. The van der Waals surface area contributed by atoms with E-state index in [0.717, 1.165) is 4.57 Å². The molecule has 3 rings (SSSR count). The molecule has 10 heteroatoms. The molecule has 0 spiro atoms. The Morgan fingerprint density at radius 1 is 1.50 bits per heavy atom. The smallest absolute Gasteiger partial charge is 0.312 e. The third-order valence-corrected chi connectivity index (χ3v) is 3.90. The van der Waals surface area contributed by atoms with Crippen molar-refractivity contribution in [2.45, 2.75) is 24.1 Å². The highest BCUT2D eigenvalue weighted by molar-refractivity contribution is 5.83. The zero-order valence-corrected chi connectivity index (χ0v) is 12.9. The largest absolute Gasteiger partial charge is 0.394 e. The first-order chi connectivity index (χ1) is 11.3. The molecule has 0 saturated carbocycles. The van der Waals surface area contributed by atoms with Gasteiger partial charge in [0.25, 0.3) is 0 Å². The molecule has 1 fully saturated rings. The Balaban J connectivity index is 2.18. The van der Waals surface area contributed by atoms with Gasteiger partial charge in [0, 0.05) is 14.1 Å². The van der Waals surface area contributed by atoms with Gasteiger partial charge in [-0.2, -0.15) is 14.4 Å². The third kappa shape index (κ3) is 2.21. The molecule has 0 aromatic carbocycles. The molecular weight excluding hydrogens is 324 g/mol. The van der Waals surface area contributed by atoms with Crippen LogP contribution in [-0.2, 0) is 4.74 Å². The molecule has 4 atom stereocenters. The van der Waals surface area contributed by atoms with Crippen LogP contribution in [0.3, 0.4) is 0 Å². The van der Waals surface area contributed by atoms with E-state index in [0.29, 0.717) is 0 Å². The zero-order chi connectivity index (χ0) is 17.6. The summed E-state index contributed by atoms with van der Waals surface area (Å²) in [5.74, 6) is 2.05. The van der Waals surface area contributed by atoms with Gasteiger partial charge >= 0.3 is 6.08 Å². The Kier molecular flexibility index (Phi) is 3.87. The number of hydrogen-bond donors (Lipinski definition) is 2. The van der Waals surface area contributed by atoms with Crippen molar-refractivity contribution in [2.24, 2.45) is 0 Å². The molecule has 2 N–H and O–H groups in total. The molecule has 0 radical (unpaired) electrons. The van der Waals surface area contributed by atoms with Gasteiger partial charge in [-0.3, -0.25) is 4.57 Å². The number of terminal acetylenes is 1. The summed E-state index contributed by atoms with van der Waals surface area (Å²) in [6.07, 6.45) is 0.865. The predicted molar refractivity (Wildman–Crippen MR) is 79.3 cm³/mol. The highest BCUT2D eigenvalue weighted by atomic mass is 19.1. The van der Waals surface area contributed by atoms with Gasteiger partial charge in [-0.15, -0.1) is 6.42 Å². The average Bonchev–Trinajstić information content (AvgIpc) is 3.07. The van der Waals surface area contributed by atoms with Crippen LogP contribution in [0.15, 0.2) is 6.33 Å². The molecule has 0 bridgehead atoms. The van der Waals surface area contributed by atoms with Crippen LogP contribution in [0.2, 0.25) is 0 Å². The Hall–Kier alpha value is -2.35. The van der Waals surface area contributed by atoms with Crippen molar-refractivity contribution >= 4 is 17.0 Å². The normalized spacial score (nSPS) is 29.8. The molecular formula is C14H15F2N5O3. The van der Waals surface area contributed by atoms with Gasteiger partial charge in [0.1, 0.15) is 12.2 Å². The monoisotopic (exact) mass is 339 g/mol. The van der Waals surface area contributed by atoms with Crippen molar-refractivity contribution in [1.29, 1.82) is 0 Å². The minimum absolute atomic E-state index is 0.0423. The van der Waals surface area contributed by atoms with Gasteiger partial charge < -0.3 is 19.8 Å². The van der Waals surface area contributed by atoms with Gasteiger partial charge in [-0.05, 0) is 0 Å². The van der Waals surface area contributed by atoms with Crippen molar-refractivity contribution < 1.29 is 23.7 Å². The summed E-state index contributed by atoms with van der Waals surface area (Å²) in [5, 5.41) is 19.2. The van der Waals surface area contributed by atoms with Crippen LogP contribution in [0.5, 0.6) is 0 Å². The number of halogens is 2. The second-order valence-electron chi connectivity index (χ2n) is 5.60. The highest BCUT2D eigenvalue weighted by Crippen LogP contribution is 2.42. The van der Waals surface area contributed by atoms with Crippen LogP contribution in [0.1, 0.15) is 6.23 Å². The fourth-order valence-electron chi connectivity index (χ4n) is 2.68. The Morgan fingerprint density at radius 2 is 2.21 bits per heavy atom.